The molecule has 3 rings (SSSR count). The number of piperazine rings is 1. The number of amides is 2. The first kappa shape index (κ1) is 17.2. The average Bonchev–Trinajstić information content (AvgIpc) is 2.63. The number of nitrogens with zero attached hydrogens (tertiary/aromatic N) is 3. The highest BCUT2D eigenvalue weighted by molar-refractivity contribution is 5.74. The lowest BCUT2D eigenvalue weighted by Crippen LogP contribution is -2.57. The van der Waals surface area contributed by atoms with Gasteiger partial charge in [0.2, 0.25) is 0 Å². The predicted molar refractivity (Wildman–Crippen MR) is 97.2 cm³/mol. The maximum atomic E-state index is 12.3. The highest BCUT2D eigenvalue weighted by Crippen LogP contribution is 2.16. The van der Waals surface area contributed by atoms with Gasteiger partial charge in [-0.2, -0.15) is 0 Å². The minimum absolute atomic E-state index is 0.0892. The molecular formula is C19H30N4O. The van der Waals surface area contributed by atoms with Gasteiger partial charge in [-0.25, -0.2) is 4.79 Å². The van der Waals surface area contributed by atoms with E-state index in [1.165, 1.54) is 31.5 Å². The van der Waals surface area contributed by atoms with Gasteiger partial charge in [-0.3, -0.25) is 4.90 Å². The lowest BCUT2D eigenvalue weighted by molar-refractivity contribution is 0.0694. The Morgan fingerprint density at radius 1 is 1.12 bits per heavy atom. The van der Waals surface area contributed by atoms with E-state index in [0.717, 1.165) is 32.6 Å². The summed E-state index contributed by atoms with van der Waals surface area (Å²) in [4.78, 5) is 19.3. The van der Waals surface area contributed by atoms with Crippen LogP contribution in [0, 0.1) is 0 Å². The average molecular weight is 330 g/mol. The van der Waals surface area contributed by atoms with Crippen LogP contribution in [0.2, 0.25) is 0 Å². The number of carbonyl (C=O) groups is 1. The molecule has 1 aromatic rings. The first-order valence-corrected chi connectivity index (χ1v) is 9.21. The maximum Gasteiger partial charge on any atom is 0.317 e. The number of hydrogen-bond donors (Lipinski definition) is 1. The molecule has 0 aliphatic carbocycles. The van der Waals surface area contributed by atoms with E-state index in [2.05, 4.69) is 34.3 Å². The zero-order chi connectivity index (χ0) is 16.8. The number of piperidine rings is 1. The summed E-state index contributed by atoms with van der Waals surface area (Å²) >= 11 is 0. The fourth-order valence-electron chi connectivity index (χ4n) is 3.80. The minimum atomic E-state index is 0.0892. The van der Waals surface area contributed by atoms with Crippen LogP contribution in [0.25, 0.3) is 0 Å². The second-order valence-corrected chi connectivity index (χ2v) is 7.05. The van der Waals surface area contributed by atoms with E-state index < -0.39 is 0 Å². The first-order chi connectivity index (χ1) is 11.7. The van der Waals surface area contributed by atoms with Crippen LogP contribution in [0.3, 0.4) is 0 Å². The smallest absolute Gasteiger partial charge is 0.317 e. The van der Waals surface area contributed by atoms with Gasteiger partial charge >= 0.3 is 6.03 Å². The van der Waals surface area contributed by atoms with Gasteiger partial charge in [-0.1, -0.05) is 30.3 Å². The zero-order valence-corrected chi connectivity index (χ0v) is 14.8. The van der Waals surface area contributed by atoms with Crippen LogP contribution in [0.4, 0.5) is 4.79 Å². The van der Waals surface area contributed by atoms with Gasteiger partial charge in [-0.05, 0) is 38.4 Å². The highest BCUT2D eigenvalue weighted by Gasteiger charge is 2.28. The Balaban J connectivity index is 1.37. The van der Waals surface area contributed by atoms with Crippen LogP contribution in [0.1, 0.15) is 18.4 Å². The molecule has 2 saturated heterocycles. The van der Waals surface area contributed by atoms with Crippen molar-refractivity contribution in [2.75, 3.05) is 52.9 Å². The summed E-state index contributed by atoms with van der Waals surface area (Å²) in [5, 5.41) is 3.06. The van der Waals surface area contributed by atoms with Crippen LogP contribution < -0.4 is 5.32 Å². The minimum Gasteiger partial charge on any atom is -0.338 e. The van der Waals surface area contributed by atoms with Crippen molar-refractivity contribution in [2.24, 2.45) is 0 Å². The molecule has 1 unspecified atom stereocenters. The van der Waals surface area contributed by atoms with E-state index in [1.54, 1.807) is 0 Å². The molecule has 0 spiro atoms. The van der Waals surface area contributed by atoms with Gasteiger partial charge in [0.05, 0.1) is 0 Å². The Morgan fingerprint density at radius 3 is 2.58 bits per heavy atom. The van der Waals surface area contributed by atoms with Crippen LogP contribution in [0.15, 0.2) is 30.3 Å². The Bertz CT molecular complexity index is 513. The molecule has 2 aliphatic heterocycles. The highest BCUT2D eigenvalue weighted by atomic mass is 16.2. The summed E-state index contributed by atoms with van der Waals surface area (Å²) in [6.45, 7) is 6.80. The molecule has 1 aromatic carbocycles. The van der Waals surface area contributed by atoms with E-state index in [1.807, 2.05) is 23.1 Å². The normalized spacial score (nSPS) is 23.2. The lowest BCUT2D eigenvalue weighted by atomic mass is 10.0. The molecule has 0 radical (unpaired) electrons. The molecule has 2 heterocycles. The van der Waals surface area contributed by atoms with Crippen molar-refractivity contribution < 1.29 is 4.79 Å². The molecule has 24 heavy (non-hydrogen) atoms. The Kier molecular flexibility index (Phi) is 6.10. The summed E-state index contributed by atoms with van der Waals surface area (Å²) < 4.78 is 0. The van der Waals surface area contributed by atoms with E-state index in [0.29, 0.717) is 12.6 Å². The zero-order valence-electron chi connectivity index (χ0n) is 14.8. The second-order valence-electron chi connectivity index (χ2n) is 7.05. The second kappa shape index (κ2) is 8.49. The van der Waals surface area contributed by atoms with Crippen molar-refractivity contribution >= 4 is 6.03 Å². The molecular weight excluding hydrogens is 300 g/mol. The van der Waals surface area contributed by atoms with E-state index >= 15 is 0 Å². The Labute approximate surface area is 145 Å². The number of likely N-dealkylation sites (tertiary alicyclic amines) is 1. The molecule has 132 valence electrons. The Morgan fingerprint density at radius 2 is 1.88 bits per heavy atom. The van der Waals surface area contributed by atoms with Gasteiger partial charge in [0.25, 0.3) is 0 Å². The van der Waals surface area contributed by atoms with Gasteiger partial charge in [-0.15, -0.1) is 0 Å². The molecule has 0 bridgehead atoms. The monoisotopic (exact) mass is 330 g/mol. The molecule has 2 aliphatic rings. The molecule has 0 aromatic heterocycles. The van der Waals surface area contributed by atoms with Crippen LogP contribution in [0.5, 0.6) is 0 Å². The van der Waals surface area contributed by atoms with Gasteiger partial charge in [0.15, 0.2) is 0 Å². The van der Waals surface area contributed by atoms with Gasteiger partial charge in [0, 0.05) is 45.3 Å². The summed E-state index contributed by atoms with van der Waals surface area (Å²) in [6.07, 6.45) is 3.48. The number of benzene rings is 1. The molecule has 2 amide bonds. The predicted octanol–water partition coefficient (Wildman–Crippen LogP) is 1.65. The maximum absolute atomic E-state index is 12.3. The molecule has 2 fully saturated rings. The summed E-state index contributed by atoms with van der Waals surface area (Å²) in [6, 6.07) is 11.1. The fraction of sp³-hybridized carbons (Fsp3) is 0.632. The SMILES string of the molecule is CN1CCCC(N2CCN(C(=O)NCCc3ccccc3)CC2)C1. The van der Waals surface area contributed by atoms with Crippen molar-refractivity contribution in [3.63, 3.8) is 0 Å². The summed E-state index contributed by atoms with van der Waals surface area (Å²) in [5.41, 5.74) is 1.27. The van der Waals surface area contributed by atoms with Crippen molar-refractivity contribution in [2.45, 2.75) is 25.3 Å². The number of hydrogen-bond acceptors (Lipinski definition) is 3. The number of nitrogens with one attached hydrogen (secondary N) is 1. The van der Waals surface area contributed by atoms with Crippen molar-refractivity contribution in [1.29, 1.82) is 0 Å². The third kappa shape index (κ3) is 4.71. The summed E-state index contributed by atoms with van der Waals surface area (Å²) in [7, 11) is 2.21. The van der Waals surface area contributed by atoms with Crippen LogP contribution in [-0.4, -0.2) is 79.6 Å². The van der Waals surface area contributed by atoms with E-state index in [9.17, 15) is 4.79 Å². The van der Waals surface area contributed by atoms with Gasteiger partial charge < -0.3 is 15.1 Å². The third-order valence-electron chi connectivity index (χ3n) is 5.25. The summed E-state index contributed by atoms with van der Waals surface area (Å²) in [5.74, 6) is 0. The van der Waals surface area contributed by atoms with E-state index in [4.69, 9.17) is 0 Å². The standard InChI is InChI=1S/C19H30N4O/c1-21-11-5-8-18(16-21)22-12-14-23(15-13-22)19(24)20-10-9-17-6-3-2-4-7-17/h2-4,6-7,18H,5,8-16H2,1H3,(H,20,24). The van der Waals surface area contributed by atoms with Crippen molar-refractivity contribution in [3.05, 3.63) is 35.9 Å². The number of urea groups is 1. The van der Waals surface area contributed by atoms with Crippen LogP contribution in [-0.2, 0) is 6.42 Å². The Hall–Kier alpha value is -1.59. The number of carbonyl (C=O) groups excluding carboxylic acids is 1. The van der Waals surface area contributed by atoms with Crippen molar-refractivity contribution in [1.82, 2.24) is 20.0 Å². The first-order valence-electron chi connectivity index (χ1n) is 9.21. The van der Waals surface area contributed by atoms with Crippen LogP contribution >= 0.6 is 0 Å². The number of rotatable bonds is 4. The molecule has 1 atom stereocenters. The number of likely N-dealkylation sites (N-methyl/N-ethyl adjacent to an activating group) is 1. The quantitative estimate of drug-likeness (QED) is 0.912. The largest absolute Gasteiger partial charge is 0.338 e. The van der Waals surface area contributed by atoms with Crippen molar-refractivity contribution in [3.8, 4) is 0 Å². The molecule has 1 N–H and O–H groups in total. The van der Waals surface area contributed by atoms with E-state index in [-0.39, 0.29) is 6.03 Å². The lowest BCUT2D eigenvalue weighted by Gasteiger charge is -2.42. The molecule has 5 heteroatoms. The third-order valence-corrected chi connectivity index (χ3v) is 5.25. The molecule has 5 nitrogen and oxygen atoms in total. The van der Waals surface area contributed by atoms with Gasteiger partial charge in [0.1, 0.15) is 0 Å². The molecule has 0 saturated carbocycles. The fourth-order valence-corrected chi connectivity index (χ4v) is 3.80. The topological polar surface area (TPSA) is 38.8 Å².